The summed E-state index contributed by atoms with van der Waals surface area (Å²) < 4.78 is 38.5. The second-order valence-corrected chi connectivity index (χ2v) is 6.86. The predicted molar refractivity (Wildman–Crippen MR) is 92.3 cm³/mol. The quantitative estimate of drug-likeness (QED) is 0.737. The number of anilines is 1. The van der Waals surface area contributed by atoms with E-state index in [1.165, 1.54) is 17.8 Å². The van der Waals surface area contributed by atoms with Gasteiger partial charge >= 0.3 is 6.18 Å². The number of benzene rings is 2. The van der Waals surface area contributed by atoms with Crippen LogP contribution in [0.4, 0.5) is 18.9 Å². The van der Waals surface area contributed by atoms with E-state index >= 15 is 0 Å². The predicted octanol–water partition coefficient (Wildman–Crippen LogP) is 5.62. The van der Waals surface area contributed by atoms with Crippen molar-refractivity contribution in [3.63, 3.8) is 0 Å². The number of halogens is 4. The summed E-state index contributed by atoms with van der Waals surface area (Å²) in [5, 5.41) is 1.70. The molecule has 0 spiro atoms. The van der Waals surface area contributed by atoms with E-state index in [1.807, 2.05) is 30.3 Å². The Morgan fingerprint density at radius 3 is 2.50 bits per heavy atom. The maximum atomic E-state index is 12.8. The second-order valence-electron chi connectivity index (χ2n) is 5.12. The number of rotatable bonds is 5. The van der Waals surface area contributed by atoms with Crippen LogP contribution in [0.15, 0.2) is 48.5 Å². The first-order valence-electron chi connectivity index (χ1n) is 7.10. The molecule has 0 fully saturated rings. The molecule has 0 unspecified atom stereocenters. The van der Waals surface area contributed by atoms with Crippen molar-refractivity contribution < 1.29 is 18.0 Å². The zero-order valence-corrected chi connectivity index (χ0v) is 14.3. The van der Waals surface area contributed by atoms with Gasteiger partial charge in [-0.2, -0.15) is 13.2 Å². The fourth-order valence-electron chi connectivity index (χ4n) is 1.94. The number of alkyl halides is 3. The monoisotopic (exact) mass is 373 g/mol. The highest BCUT2D eigenvalue weighted by Crippen LogP contribution is 2.36. The third-order valence-corrected chi connectivity index (χ3v) is 4.80. The summed E-state index contributed by atoms with van der Waals surface area (Å²) in [4.78, 5) is 12.1. The minimum atomic E-state index is -4.56. The van der Waals surface area contributed by atoms with Gasteiger partial charge in [0.1, 0.15) is 0 Å². The van der Waals surface area contributed by atoms with Crippen molar-refractivity contribution in [2.45, 2.75) is 24.1 Å². The van der Waals surface area contributed by atoms with Gasteiger partial charge in [0.2, 0.25) is 5.91 Å². The maximum absolute atomic E-state index is 12.8. The van der Waals surface area contributed by atoms with E-state index in [0.29, 0.717) is 5.75 Å². The maximum Gasteiger partial charge on any atom is 0.417 e. The third-order valence-electron chi connectivity index (χ3n) is 3.25. The average molecular weight is 374 g/mol. The van der Waals surface area contributed by atoms with Crippen molar-refractivity contribution in [3.8, 4) is 0 Å². The Morgan fingerprint density at radius 2 is 1.88 bits per heavy atom. The van der Waals surface area contributed by atoms with E-state index < -0.39 is 22.0 Å². The van der Waals surface area contributed by atoms with Gasteiger partial charge in [-0.15, -0.1) is 11.8 Å². The molecule has 128 valence electrons. The number of amides is 1. The fraction of sp³-hybridized carbons (Fsp3) is 0.235. The largest absolute Gasteiger partial charge is 0.417 e. The van der Waals surface area contributed by atoms with Crippen LogP contribution in [0.1, 0.15) is 18.1 Å². The minimum absolute atomic E-state index is 0.0730. The van der Waals surface area contributed by atoms with E-state index in [2.05, 4.69) is 5.32 Å². The molecular formula is C17H15ClF3NOS. The molecule has 0 aliphatic heterocycles. The van der Waals surface area contributed by atoms with Gasteiger partial charge in [-0.1, -0.05) is 41.9 Å². The molecule has 0 aliphatic carbocycles. The van der Waals surface area contributed by atoms with E-state index in [-0.39, 0.29) is 11.6 Å². The molecule has 2 aromatic rings. The van der Waals surface area contributed by atoms with Gasteiger partial charge in [-0.05, 0) is 30.7 Å². The molecule has 1 atom stereocenters. The van der Waals surface area contributed by atoms with Crippen LogP contribution in [0, 0.1) is 0 Å². The van der Waals surface area contributed by atoms with Gasteiger partial charge in [0.25, 0.3) is 0 Å². The number of hydrogen-bond donors (Lipinski definition) is 1. The SMILES string of the molecule is C[C@H](SCc1ccccc1)C(=O)Nc1ccc(Cl)c(C(F)(F)F)c1. The Bertz CT molecular complexity index is 707. The second kappa shape index (κ2) is 7.94. The number of carbonyl (C=O) groups excluding carboxylic acids is 1. The van der Waals surface area contributed by atoms with Crippen LogP contribution < -0.4 is 5.32 Å². The van der Waals surface area contributed by atoms with Crippen molar-refractivity contribution in [2.24, 2.45) is 0 Å². The molecule has 2 nitrogen and oxygen atoms in total. The van der Waals surface area contributed by atoms with E-state index in [1.54, 1.807) is 6.92 Å². The Balaban J connectivity index is 1.99. The Kier molecular flexibility index (Phi) is 6.18. The van der Waals surface area contributed by atoms with Crippen LogP contribution in [0.5, 0.6) is 0 Å². The zero-order valence-electron chi connectivity index (χ0n) is 12.7. The standard InChI is InChI=1S/C17H15ClF3NOS/c1-11(24-10-12-5-3-2-4-6-12)16(23)22-13-7-8-15(18)14(9-13)17(19,20)21/h2-9,11H,10H2,1H3,(H,22,23)/t11-/m0/s1. The number of nitrogens with one attached hydrogen (secondary N) is 1. The Labute approximate surface area is 147 Å². The summed E-state index contributed by atoms with van der Waals surface area (Å²) >= 11 is 6.97. The van der Waals surface area contributed by atoms with Crippen LogP contribution in [0.2, 0.25) is 5.02 Å². The molecule has 0 aliphatic rings. The van der Waals surface area contributed by atoms with Crippen LogP contribution in [-0.2, 0) is 16.7 Å². The topological polar surface area (TPSA) is 29.1 Å². The summed E-state index contributed by atoms with van der Waals surface area (Å²) in [6.45, 7) is 1.71. The molecule has 0 saturated heterocycles. The molecule has 0 radical (unpaired) electrons. The molecule has 24 heavy (non-hydrogen) atoms. The van der Waals surface area contributed by atoms with Crippen LogP contribution in [-0.4, -0.2) is 11.2 Å². The lowest BCUT2D eigenvalue weighted by molar-refractivity contribution is -0.137. The molecule has 2 aromatic carbocycles. The first-order chi connectivity index (χ1) is 11.3. The van der Waals surface area contributed by atoms with Crippen LogP contribution in [0.25, 0.3) is 0 Å². The van der Waals surface area contributed by atoms with Gasteiger partial charge < -0.3 is 5.32 Å². The lowest BCUT2D eigenvalue weighted by Gasteiger charge is -2.14. The molecule has 0 bridgehead atoms. The normalized spacial score (nSPS) is 12.7. The molecule has 1 N–H and O–H groups in total. The number of thioether (sulfide) groups is 1. The summed E-state index contributed by atoms with van der Waals surface area (Å²) in [6.07, 6.45) is -4.56. The van der Waals surface area contributed by atoms with Crippen molar-refractivity contribution >= 4 is 35.0 Å². The first kappa shape index (κ1) is 18.7. The van der Waals surface area contributed by atoms with Gasteiger partial charge in [0.15, 0.2) is 0 Å². The summed E-state index contributed by atoms with van der Waals surface area (Å²) in [7, 11) is 0. The lowest BCUT2D eigenvalue weighted by Crippen LogP contribution is -2.23. The summed E-state index contributed by atoms with van der Waals surface area (Å²) in [5.41, 5.74) is 0.184. The Morgan fingerprint density at radius 1 is 1.21 bits per heavy atom. The summed E-state index contributed by atoms with van der Waals surface area (Å²) in [6, 6.07) is 12.9. The molecule has 0 aromatic heterocycles. The van der Waals surface area contributed by atoms with E-state index in [0.717, 1.165) is 17.7 Å². The van der Waals surface area contributed by atoms with Gasteiger partial charge in [0, 0.05) is 11.4 Å². The fourth-order valence-corrected chi connectivity index (χ4v) is 3.01. The molecule has 0 saturated carbocycles. The lowest BCUT2D eigenvalue weighted by atomic mass is 10.2. The van der Waals surface area contributed by atoms with E-state index in [4.69, 9.17) is 11.6 Å². The van der Waals surface area contributed by atoms with E-state index in [9.17, 15) is 18.0 Å². The van der Waals surface area contributed by atoms with Crippen molar-refractivity contribution in [3.05, 3.63) is 64.7 Å². The van der Waals surface area contributed by atoms with Crippen molar-refractivity contribution in [1.82, 2.24) is 0 Å². The highest BCUT2D eigenvalue weighted by Gasteiger charge is 2.33. The van der Waals surface area contributed by atoms with Crippen LogP contribution in [0.3, 0.4) is 0 Å². The highest BCUT2D eigenvalue weighted by molar-refractivity contribution is 7.99. The summed E-state index contributed by atoms with van der Waals surface area (Å²) in [5.74, 6) is 0.287. The number of hydrogen-bond acceptors (Lipinski definition) is 2. The van der Waals surface area contributed by atoms with Crippen molar-refractivity contribution in [1.29, 1.82) is 0 Å². The molecular weight excluding hydrogens is 359 g/mol. The van der Waals surface area contributed by atoms with Gasteiger partial charge in [-0.3, -0.25) is 4.79 Å². The first-order valence-corrected chi connectivity index (χ1v) is 8.53. The number of carbonyl (C=O) groups is 1. The van der Waals surface area contributed by atoms with Crippen LogP contribution >= 0.6 is 23.4 Å². The van der Waals surface area contributed by atoms with Crippen molar-refractivity contribution in [2.75, 3.05) is 5.32 Å². The van der Waals surface area contributed by atoms with Gasteiger partial charge in [0.05, 0.1) is 15.8 Å². The highest BCUT2D eigenvalue weighted by atomic mass is 35.5. The smallest absolute Gasteiger partial charge is 0.325 e. The minimum Gasteiger partial charge on any atom is -0.325 e. The molecule has 0 heterocycles. The van der Waals surface area contributed by atoms with Gasteiger partial charge in [-0.25, -0.2) is 0 Å². The molecule has 7 heteroatoms. The average Bonchev–Trinajstić information content (AvgIpc) is 2.54. The molecule has 1 amide bonds. The Hall–Kier alpha value is -1.66. The molecule has 2 rings (SSSR count). The zero-order chi connectivity index (χ0) is 17.7. The third kappa shape index (κ3) is 5.18.